The largest absolute Gasteiger partial charge is 0.355 e. The molecule has 1 aliphatic heterocycles. The zero-order valence-corrected chi connectivity index (χ0v) is 13.9. The maximum atomic E-state index is 13.4. The van der Waals surface area contributed by atoms with E-state index in [1.165, 1.54) is 18.9 Å². The van der Waals surface area contributed by atoms with Gasteiger partial charge in [-0.25, -0.2) is 4.39 Å². The summed E-state index contributed by atoms with van der Waals surface area (Å²) in [5.74, 6) is 1.03. The topological polar surface area (TPSA) is 41.1 Å². The van der Waals surface area contributed by atoms with Gasteiger partial charge < -0.3 is 10.6 Å². The lowest BCUT2D eigenvalue weighted by Gasteiger charge is -2.28. The van der Waals surface area contributed by atoms with Crippen molar-refractivity contribution in [3.63, 3.8) is 0 Å². The lowest BCUT2D eigenvalue weighted by molar-refractivity contribution is -0.122. The quantitative estimate of drug-likeness (QED) is 0.846. The molecule has 3 nitrogen and oxygen atoms in total. The van der Waals surface area contributed by atoms with Gasteiger partial charge in [-0.3, -0.25) is 4.79 Å². The van der Waals surface area contributed by atoms with E-state index in [1.807, 2.05) is 6.07 Å². The van der Waals surface area contributed by atoms with Crippen molar-refractivity contribution in [1.29, 1.82) is 0 Å². The molecule has 4 heteroatoms. The lowest BCUT2D eigenvalue weighted by Crippen LogP contribution is -2.36. The molecule has 0 bridgehead atoms. The Morgan fingerprint density at radius 1 is 1.39 bits per heavy atom. The standard InChI is InChI=1S/C19H27FN2O/c1-14(15-5-9-21-10-6-15)11-18(23)22-13-19(7-8-19)16-3-2-4-17(20)12-16/h2-4,12,14-15,21H,5-11,13H2,1H3,(H,22,23). The van der Waals surface area contributed by atoms with E-state index < -0.39 is 0 Å². The molecule has 126 valence electrons. The fourth-order valence-corrected chi connectivity index (χ4v) is 3.75. The first-order valence-corrected chi connectivity index (χ1v) is 8.82. The number of hydrogen-bond acceptors (Lipinski definition) is 2. The number of amides is 1. The fraction of sp³-hybridized carbons (Fsp3) is 0.632. The number of nitrogens with one attached hydrogen (secondary N) is 2. The van der Waals surface area contributed by atoms with Crippen molar-refractivity contribution >= 4 is 5.91 Å². The Morgan fingerprint density at radius 2 is 2.13 bits per heavy atom. The zero-order chi connectivity index (χ0) is 16.3. The molecular formula is C19H27FN2O. The molecule has 1 aliphatic carbocycles. The summed E-state index contributed by atoms with van der Waals surface area (Å²) >= 11 is 0. The third-order valence-corrected chi connectivity index (χ3v) is 5.61. The van der Waals surface area contributed by atoms with Crippen LogP contribution in [0.15, 0.2) is 24.3 Å². The first-order chi connectivity index (χ1) is 11.1. The highest BCUT2D eigenvalue weighted by molar-refractivity contribution is 5.76. The van der Waals surface area contributed by atoms with E-state index in [2.05, 4.69) is 17.6 Å². The monoisotopic (exact) mass is 318 g/mol. The summed E-state index contributed by atoms with van der Waals surface area (Å²) in [7, 11) is 0. The summed E-state index contributed by atoms with van der Waals surface area (Å²) in [6.45, 7) is 4.96. The van der Waals surface area contributed by atoms with Gasteiger partial charge in [0.1, 0.15) is 5.82 Å². The predicted molar refractivity (Wildman–Crippen MR) is 89.7 cm³/mol. The molecule has 23 heavy (non-hydrogen) atoms. The average Bonchev–Trinajstić information content (AvgIpc) is 3.35. The Balaban J connectivity index is 1.49. The van der Waals surface area contributed by atoms with Crippen LogP contribution in [0.1, 0.15) is 44.6 Å². The van der Waals surface area contributed by atoms with Crippen LogP contribution in [0, 0.1) is 17.7 Å². The second kappa shape index (κ2) is 7.00. The van der Waals surface area contributed by atoms with E-state index in [9.17, 15) is 9.18 Å². The molecule has 1 saturated carbocycles. The summed E-state index contributed by atoms with van der Waals surface area (Å²) in [4.78, 5) is 12.3. The van der Waals surface area contributed by atoms with Crippen LogP contribution in [-0.4, -0.2) is 25.5 Å². The first kappa shape index (κ1) is 16.4. The van der Waals surface area contributed by atoms with E-state index in [4.69, 9.17) is 0 Å². The molecule has 1 aromatic rings. The molecule has 1 aromatic carbocycles. The Kier molecular flexibility index (Phi) is 5.00. The molecule has 3 rings (SSSR count). The normalized spacial score (nSPS) is 21.7. The minimum atomic E-state index is -0.195. The maximum Gasteiger partial charge on any atom is 0.220 e. The highest BCUT2D eigenvalue weighted by Gasteiger charge is 2.44. The SMILES string of the molecule is CC(CC(=O)NCC1(c2cccc(F)c2)CC1)C1CCNCC1. The van der Waals surface area contributed by atoms with Crippen molar-refractivity contribution in [2.75, 3.05) is 19.6 Å². The number of piperidine rings is 1. The minimum Gasteiger partial charge on any atom is -0.355 e. The molecule has 0 spiro atoms. The molecule has 1 heterocycles. The molecule has 0 aromatic heterocycles. The van der Waals surface area contributed by atoms with Gasteiger partial charge in [0.05, 0.1) is 0 Å². The molecule has 1 atom stereocenters. The maximum absolute atomic E-state index is 13.4. The highest BCUT2D eigenvalue weighted by Crippen LogP contribution is 2.47. The zero-order valence-electron chi connectivity index (χ0n) is 13.9. The minimum absolute atomic E-state index is 0.0320. The number of rotatable bonds is 6. The summed E-state index contributed by atoms with van der Waals surface area (Å²) in [5.41, 5.74) is 0.986. The summed E-state index contributed by atoms with van der Waals surface area (Å²) < 4.78 is 13.4. The van der Waals surface area contributed by atoms with Crippen molar-refractivity contribution < 1.29 is 9.18 Å². The van der Waals surface area contributed by atoms with Crippen LogP contribution in [0.25, 0.3) is 0 Å². The Bertz CT molecular complexity index is 550. The summed E-state index contributed by atoms with van der Waals surface area (Å²) in [5, 5.41) is 6.46. The van der Waals surface area contributed by atoms with Gasteiger partial charge in [0.25, 0.3) is 0 Å². The predicted octanol–water partition coefficient (Wildman–Crippen LogP) is 3.00. The lowest BCUT2D eigenvalue weighted by atomic mass is 9.84. The van der Waals surface area contributed by atoms with Gasteiger partial charge in [0, 0.05) is 18.4 Å². The van der Waals surface area contributed by atoms with E-state index >= 15 is 0 Å². The molecule has 2 aliphatic rings. The van der Waals surface area contributed by atoms with Crippen LogP contribution in [0.5, 0.6) is 0 Å². The van der Waals surface area contributed by atoms with Gasteiger partial charge in [0.2, 0.25) is 5.91 Å². The van der Waals surface area contributed by atoms with Gasteiger partial charge in [-0.05, 0) is 68.3 Å². The second-order valence-corrected chi connectivity index (χ2v) is 7.34. The van der Waals surface area contributed by atoms with Crippen LogP contribution in [-0.2, 0) is 10.2 Å². The van der Waals surface area contributed by atoms with Gasteiger partial charge in [0.15, 0.2) is 0 Å². The fourth-order valence-electron chi connectivity index (χ4n) is 3.75. The Hall–Kier alpha value is -1.42. The summed E-state index contributed by atoms with van der Waals surface area (Å²) in [6.07, 6.45) is 4.99. The van der Waals surface area contributed by atoms with Crippen LogP contribution >= 0.6 is 0 Å². The highest BCUT2D eigenvalue weighted by atomic mass is 19.1. The van der Waals surface area contributed by atoms with Gasteiger partial charge in [-0.2, -0.15) is 0 Å². The van der Waals surface area contributed by atoms with Crippen molar-refractivity contribution in [1.82, 2.24) is 10.6 Å². The van der Waals surface area contributed by atoms with Crippen LogP contribution in [0.4, 0.5) is 4.39 Å². The Morgan fingerprint density at radius 3 is 2.78 bits per heavy atom. The number of hydrogen-bond donors (Lipinski definition) is 2. The smallest absolute Gasteiger partial charge is 0.220 e. The van der Waals surface area contributed by atoms with Crippen LogP contribution < -0.4 is 10.6 Å². The molecule has 1 unspecified atom stereocenters. The molecule has 0 radical (unpaired) electrons. The average molecular weight is 318 g/mol. The third-order valence-electron chi connectivity index (χ3n) is 5.61. The molecule has 2 fully saturated rings. The first-order valence-electron chi connectivity index (χ1n) is 8.82. The van der Waals surface area contributed by atoms with E-state index in [0.717, 1.165) is 31.5 Å². The van der Waals surface area contributed by atoms with E-state index in [1.54, 1.807) is 12.1 Å². The summed E-state index contributed by atoms with van der Waals surface area (Å²) in [6, 6.07) is 6.81. The van der Waals surface area contributed by atoms with Crippen LogP contribution in [0.3, 0.4) is 0 Å². The van der Waals surface area contributed by atoms with Gasteiger partial charge in [-0.15, -0.1) is 0 Å². The molecule has 1 saturated heterocycles. The van der Waals surface area contributed by atoms with Crippen molar-refractivity contribution in [3.05, 3.63) is 35.6 Å². The second-order valence-electron chi connectivity index (χ2n) is 7.34. The molecule has 2 N–H and O–H groups in total. The van der Waals surface area contributed by atoms with Crippen LogP contribution in [0.2, 0.25) is 0 Å². The van der Waals surface area contributed by atoms with Gasteiger partial charge >= 0.3 is 0 Å². The molecular weight excluding hydrogens is 291 g/mol. The van der Waals surface area contributed by atoms with Crippen molar-refractivity contribution in [3.8, 4) is 0 Å². The Labute approximate surface area is 138 Å². The number of carbonyl (C=O) groups excluding carboxylic acids is 1. The van der Waals surface area contributed by atoms with Gasteiger partial charge in [-0.1, -0.05) is 19.1 Å². The number of carbonyl (C=O) groups is 1. The van der Waals surface area contributed by atoms with Crippen molar-refractivity contribution in [2.24, 2.45) is 11.8 Å². The number of benzene rings is 1. The van der Waals surface area contributed by atoms with Crippen molar-refractivity contribution in [2.45, 2.75) is 44.4 Å². The number of halogens is 1. The third kappa shape index (κ3) is 4.11. The molecule has 1 amide bonds. The van der Waals surface area contributed by atoms with E-state index in [0.29, 0.717) is 24.8 Å². The van der Waals surface area contributed by atoms with E-state index in [-0.39, 0.29) is 17.1 Å².